The van der Waals surface area contributed by atoms with Gasteiger partial charge in [-0.3, -0.25) is 0 Å². The second kappa shape index (κ2) is 7.08. The SMILES string of the molecule is CCCNc1cc(-c2cc(F)cc(F)c2)nc(COC)n1. The van der Waals surface area contributed by atoms with E-state index >= 15 is 0 Å². The lowest BCUT2D eigenvalue weighted by Crippen LogP contribution is -2.06. The van der Waals surface area contributed by atoms with Gasteiger partial charge in [0.05, 0.1) is 5.69 Å². The molecule has 6 heteroatoms. The van der Waals surface area contributed by atoms with Gasteiger partial charge < -0.3 is 10.1 Å². The van der Waals surface area contributed by atoms with Crippen LogP contribution in [-0.4, -0.2) is 23.6 Å². The average Bonchev–Trinajstić information content (AvgIpc) is 2.44. The van der Waals surface area contributed by atoms with Gasteiger partial charge >= 0.3 is 0 Å². The van der Waals surface area contributed by atoms with Crippen LogP contribution < -0.4 is 5.32 Å². The first-order valence-corrected chi connectivity index (χ1v) is 6.69. The molecule has 0 atom stereocenters. The molecule has 2 rings (SSSR count). The number of halogens is 2. The number of benzene rings is 1. The number of nitrogens with one attached hydrogen (secondary N) is 1. The first kappa shape index (κ1) is 15.3. The molecule has 2 aromatic rings. The molecule has 0 aliphatic heterocycles. The average molecular weight is 293 g/mol. The number of nitrogens with zero attached hydrogens (tertiary/aromatic N) is 2. The molecule has 1 N–H and O–H groups in total. The van der Waals surface area contributed by atoms with Crippen LogP contribution in [0.4, 0.5) is 14.6 Å². The fraction of sp³-hybridized carbons (Fsp3) is 0.333. The Morgan fingerprint density at radius 1 is 1.10 bits per heavy atom. The molecule has 21 heavy (non-hydrogen) atoms. The maximum atomic E-state index is 13.3. The van der Waals surface area contributed by atoms with Gasteiger partial charge in [0.15, 0.2) is 5.82 Å². The van der Waals surface area contributed by atoms with E-state index in [9.17, 15) is 8.78 Å². The Morgan fingerprint density at radius 3 is 2.43 bits per heavy atom. The summed E-state index contributed by atoms with van der Waals surface area (Å²) in [5.74, 6) is -0.211. The van der Waals surface area contributed by atoms with E-state index in [2.05, 4.69) is 15.3 Å². The lowest BCUT2D eigenvalue weighted by molar-refractivity contribution is 0.178. The summed E-state index contributed by atoms with van der Waals surface area (Å²) in [6.07, 6.45) is 0.938. The third-order valence-corrected chi connectivity index (χ3v) is 2.76. The smallest absolute Gasteiger partial charge is 0.157 e. The van der Waals surface area contributed by atoms with E-state index in [1.54, 1.807) is 6.07 Å². The molecule has 0 spiro atoms. The second-order valence-corrected chi connectivity index (χ2v) is 4.57. The predicted molar refractivity (Wildman–Crippen MR) is 76.9 cm³/mol. The molecule has 0 unspecified atom stereocenters. The topological polar surface area (TPSA) is 47.0 Å². The van der Waals surface area contributed by atoms with Crippen molar-refractivity contribution in [1.82, 2.24) is 9.97 Å². The molecule has 0 saturated heterocycles. The Bertz CT molecular complexity index is 600. The van der Waals surface area contributed by atoms with E-state index in [-0.39, 0.29) is 6.61 Å². The Balaban J connectivity index is 2.42. The van der Waals surface area contributed by atoms with Gasteiger partial charge in [-0.15, -0.1) is 0 Å². The van der Waals surface area contributed by atoms with Crippen molar-refractivity contribution < 1.29 is 13.5 Å². The standard InChI is InChI=1S/C15H17F2N3O/c1-3-4-18-14-8-13(19-15(20-14)9-21-2)10-5-11(16)7-12(17)6-10/h5-8H,3-4,9H2,1-2H3,(H,18,19,20). The van der Waals surface area contributed by atoms with Crippen molar-refractivity contribution in [3.8, 4) is 11.3 Å². The maximum absolute atomic E-state index is 13.3. The molecule has 4 nitrogen and oxygen atoms in total. The highest BCUT2D eigenvalue weighted by molar-refractivity contribution is 5.62. The van der Waals surface area contributed by atoms with Gasteiger partial charge in [0.1, 0.15) is 24.1 Å². The summed E-state index contributed by atoms with van der Waals surface area (Å²) in [4.78, 5) is 8.57. The molecule has 0 fully saturated rings. The van der Waals surface area contributed by atoms with Crippen molar-refractivity contribution in [3.05, 3.63) is 41.7 Å². The van der Waals surface area contributed by atoms with Gasteiger partial charge in [-0.05, 0) is 18.6 Å². The van der Waals surface area contributed by atoms with E-state index in [1.807, 2.05) is 6.92 Å². The first-order chi connectivity index (χ1) is 10.1. The van der Waals surface area contributed by atoms with Crippen LogP contribution in [0, 0.1) is 11.6 Å². The molecule has 1 aromatic carbocycles. The minimum atomic E-state index is -0.639. The first-order valence-electron chi connectivity index (χ1n) is 6.69. The van der Waals surface area contributed by atoms with E-state index in [0.717, 1.165) is 19.0 Å². The van der Waals surface area contributed by atoms with Crippen molar-refractivity contribution >= 4 is 5.82 Å². The van der Waals surface area contributed by atoms with E-state index < -0.39 is 11.6 Å². The van der Waals surface area contributed by atoms with Crippen molar-refractivity contribution in [3.63, 3.8) is 0 Å². The van der Waals surface area contributed by atoms with Crippen molar-refractivity contribution in [2.24, 2.45) is 0 Å². The summed E-state index contributed by atoms with van der Waals surface area (Å²) in [6, 6.07) is 4.98. The number of anilines is 1. The number of ether oxygens (including phenoxy) is 1. The zero-order valence-corrected chi connectivity index (χ0v) is 12.0. The summed E-state index contributed by atoms with van der Waals surface area (Å²) in [7, 11) is 1.54. The highest BCUT2D eigenvalue weighted by Crippen LogP contribution is 2.22. The number of hydrogen-bond acceptors (Lipinski definition) is 4. The van der Waals surface area contributed by atoms with E-state index in [0.29, 0.717) is 22.9 Å². The Labute approximate surface area is 122 Å². The lowest BCUT2D eigenvalue weighted by atomic mass is 10.1. The van der Waals surface area contributed by atoms with Crippen molar-refractivity contribution in [1.29, 1.82) is 0 Å². The van der Waals surface area contributed by atoms with Crippen LogP contribution in [0.2, 0.25) is 0 Å². The van der Waals surface area contributed by atoms with Gasteiger partial charge in [-0.1, -0.05) is 6.92 Å². The van der Waals surface area contributed by atoms with Crippen molar-refractivity contribution in [2.75, 3.05) is 19.0 Å². The molecular formula is C15H17F2N3O. The van der Waals surface area contributed by atoms with E-state index in [4.69, 9.17) is 4.74 Å². The summed E-state index contributed by atoms with van der Waals surface area (Å²) < 4.78 is 31.7. The second-order valence-electron chi connectivity index (χ2n) is 4.57. The van der Waals surface area contributed by atoms with Gasteiger partial charge in [-0.2, -0.15) is 0 Å². The molecule has 1 aromatic heterocycles. The van der Waals surface area contributed by atoms with Crippen LogP contribution in [0.3, 0.4) is 0 Å². The van der Waals surface area contributed by atoms with Gasteiger partial charge in [0.25, 0.3) is 0 Å². The molecule has 0 amide bonds. The maximum Gasteiger partial charge on any atom is 0.157 e. The predicted octanol–water partition coefficient (Wildman–Crippen LogP) is 3.39. The fourth-order valence-corrected chi connectivity index (χ4v) is 1.88. The molecule has 0 aliphatic rings. The molecule has 0 aliphatic carbocycles. The molecule has 0 saturated carbocycles. The molecule has 112 valence electrons. The largest absolute Gasteiger partial charge is 0.377 e. The normalized spacial score (nSPS) is 10.7. The molecule has 1 heterocycles. The van der Waals surface area contributed by atoms with Crippen LogP contribution in [0.5, 0.6) is 0 Å². The third-order valence-electron chi connectivity index (χ3n) is 2.76. The molecule has 0 bridgehead atoms. The van der Waals surface area contributed by atoms with Gasteiger partial charge in [0.2, 0.25) is 0 Å². The highest BCUT2D eigenvalue weighted by Gasteiger charge is 2.09. The number of rotatable bonds is 6. The quantitative estimate of drug-likeness (QED) is 0.887. The summed E-state index contributed by atoms with van der Waals surface area (Å²) in [5.41, 5.74) is 0.820. The molecular weight excluding hydrogens is 276 g/mol. The minimum absolute atomic E-state index is 0.229. The highest BCUT2D eigenvalue weighted by atomic mass is 19.1. The zero-order chi connectivity index (χ0) is 15.2. The number of hydrogen-bond donors (Lipinski definition) is 1. The number of aromatic nitrogens is 2. The fourth-order valence-electron chi connectivity index (χ4n) is 1.88. The Kier molecular flexibility index (Phi) is 5.16. The monoisotopic (exact) mass is 293 g/mol. The lowest BCUT2D eigenvalue weighted by Gasteiger charge is -2.09. The summed E-state index contributed by atoms with van der Waals surface area (Å²) in [6.45, 7) is 3.01. The van der Waals surface area contributed by atoms with E-state index in [1.165, 1.54) is 19.2 Å². The third kappa shape index (κ3) is 4.19. The zero-order valence-electron chi connectivity index (χ0n) is 12.0. The summed E-state index contributed by atoms with van der Waals surface area (Å²) in [5, 5.41) is 3.14. The Morgan fingerprint density at radius 2 is 1.81 bits per heavy atom. The van der Waals surface area contributed by atoms with Crippen LogP contribution in [0.1, 0.15) is 19.2 Å². The van der Waals surface area contributed by atoms with Crippen LogP contribution in [0.25, 0.3) is 11.3 Å². The van der Waals surface area contributed by atoms with Crippen LogP contribution >= 0.6 is 0 Å². The van der Waals surface area contributed by atoms with Crippen molar-refractivity contribution in [2.45, 2.75) is 20.0 Å². The van der Waals surface area contributed by atoms with Gasteiger partial charge in [-0.25, -0.2) is 18.7 Å². The number of methoxy groups -OCH3 is 1. The van der Waals surface area contributed by atoms with Crippen LogP contribution in [0.15, 0.2) is 24.3 Å². The van der Waals surface area contributed by atoms with Gasteiger partial charge in [0, 0.05) is 31.4 Å². The minimum Gasteiger partial charge on any atom is -0.377 e. The molecule has 0 radical (unpaired) electrons. The van der Waals surface area contributed by atoms with Crippen LogP contribution in [-0.2, 0) is 11.3 Å². The summed E-state index contributed by atoms with van der Waals surface area (Å²) >= 11 is 0. The Hall–Kier alpha value is -2.08.